The smallest absolute Gasteiger partial charge is 0.305 e. The molecule has 0 radical (unpaired) electrons. The summed E-state index contributed by atoms with van der Waals surface area (Å²) in [7, 11) is 3.09. The van der Waals surface area contributed by atoms with Crippen LogP contribution in [0.5, 0.6) is 11.5 Å². The zero-order chi connectivity index (χ0) is 23.9. The summed E-state index contributed by atoms with van der Waals surface area (Å²) < 4.78 is 9.90. The highest BCUT2D eigenvalue weighted by molar-refractivity contribution is 5.95. The number of carbonyl (C=O) groups is 4. The van der Waals surface area contributed by atoms with Crippen LogP contribution >= 0.6 is 0 Å². The van der Waals surface area contributed by atoms with Gasteiger partial charge in [0.1, 0.15) is 11.5 Å². The first-order valence-electron chi connectivity index (χ1n) is 9.55. The third kappa shape index (κ3) is 10.1. The van der Waals surface area contributed by atoms with Gasteiger partial charge < -0.3 is 30.3 Å². The van der Waals surface area contributed by atoms with Gasteiger partial charge in [-0.15, -0.1) is 0 Å². The molecule has 32 heavy (non-hydrogen) atoms. The first-order valence-corrected chi connectivity index (χ1v) is 9.55. The zero-order valence-electron chi connectivity index (χ0n) is 17.8. The Hall–Kier alpha value is -4.08. The summed E-state index contributed by atoms with van der Waals surface area (Å²) in [6.45, 7) is 0.250. The van der Waals surface area contributed by atoms with E-state index in [1.165, 1.54) is 0 Å². The number of hydrogen-bond acceptors (Lipinski definition) is 6. The Morgan fingerprint density at radius 3 is 1.22 bits per heavy atom. The molecular formula is C22H26N2O8. The first kappa shape index (κ1) is 26.0. The summed E-state index contributed by atoms with van der Waals surface area (Å²) in [5, 5.41) is 21.8. The molecule has 0 aliphatic carbocycles. The van der Waals surface area contributed by atoms with Crippen LogP contribution in [-0.4, -0.2) is 61.3 Å². The molecule has 0 aliphatic rings. The Bertz CT molecular complexity index is 820. The number of nitrogens with one attached hydrogen (secondary N) is 2. The maximum Gasteiger partial charge on any atom is 0.305 e. The molecule has 10 nitrogen and oxygen atoms in total. The summed E-state index contributed by atoms with van der Waals surface area (Å²) in [6, 6.07) is 13.2. The number of ether oxygens (including phenoxy) is 2. The number of benzene rings is 2. The molecule has 2 amide bonds. The van der Waals surface area contributed by atoms with Gasteiger partial charge in [0.15, 0.2) is 0 Å². The van der Waals surface area contributed by atoms with Crippen LogP contribution in [0.3, 0.4) is 0 Å². The molecule has 172 valence electrons. The summed E-state index contributed by atoms with van der Waals surface area (Å²) in [5.41, 5.74) is 0.956. The van der Waals surface area contributed by atoms with Crippen LogP contribution in [0.15, 0.2) is 48.5 Å². The number of rotatable bonds is 10. The minimum atomic E-state index is -0.935. The normalized spacial score (nSPS) is 9.56. The molecule has 0 aliphatic heterocycles. The second-order valence-electron chi connectivity index (χ2n) is 6.26. The van der Waals surface area contributed by atoms with Gasteiger partial charge in [-0.25, -0.2) is 0 Å². The standard InChI is InChI=1S/2C11H13NO4/c2*1-16-9-4-2-8(3-5-9)11(15)12-7-6-10(13)14/h2*2-5H,6-7H2,1H3,(H,12,15)(H,13,14). The fourth-order valence-electron chi connectivity index (χ4n) is 2.25. The topological polar surface area (TPSA) is 151 Å². The fourth-order valence-corrected chi connectivity index (χ4v) is 2.25. The molecular weight excluding hydrogens is 420 g/mol. The Balaban J connectivity index is 0.000000320. The highest BCUT2D eigenvalue weighted by Crippen LogP contribution is 2.11. The SMILES string of the molecule is COc1ccc(C(=O)NCCC(=O)O)cc1.COc1ccc(C(=O)NCCC(=O)O)cc1. The number of aliphatic carboxylic acids is 2. The van der Waals surface area contributed by atoms with Crippen LogP contribution in [-0.2, 0) is 9.59 Å². The van der Waals surface area contributed by atoms with E-state index in [1.54, 1.807) is 62.8 Å². The minimum Gasteiger partial charge on any atom is -0.497 e. The largest absolute Gasteiger partial charge is 0.497 e. The molecule has 0 saturated heterocycles. The highest BCUT2D eigenvalue weighted by atomic mass is 16.5. The molecule has 2 rings (SSSR count). The average Bonchev–Trinajstić information content (AvgIpc) is 2.79. The average molecular weight is 446 g/mol. The van der Waals surface area contributed by atoms with E-state index < -0.39 is 11.9 Å². The summed E-state index contributed by atoms with van der Waals surface area (Å²) in [5.74, 6) is -1.11. The number of carboxylic acids is 2. The first-order chi connectivity index (χ1) is 15.3. The molecule has 0 aromatic heterocycles. The van der Waals surface area contributed by atoms with Gasteiger partial charge in [-0.2, -0.15) is 0 Å². The van der Waals surface area contributed by atoms with Gasteiger partial charge in [-0.05, 0) is 48.5 Å². The third-order valence-corrected chi connectivity index (χ3v) is 3.95. The second-order valence-corrected chi connectivity index (χ2v) is 6.26. The Morgan fingerprint density at radius 1 is 0.656 bits per heavy atom. The lowest BCUT2D eigenvalue weighted by Crippen LogP contribution is -2.25. The molecule has 0 atom stereocenters. The summed E-state index contributed by atoms with van der Waals surface area (Å²) in [4.78, 5) is 43.4. The predicted molar refractivity (Wildman–Crippen MR) is 115 cm³/mol. The van der Waals surface area contributed by atoms with Gasteiger partial charge in [0.05, 0.1) is 27.1 Å². The summed E-state index contributed by atoms with van der Waals surface area (Å²) in [6.07, 6.45) is -0.163. The van der Waals surface area contributed by atoms with Gasteiger partial charge in [0.2, 0.25) is 0 Å². The lowest BCUT2D eigenvalue weighted by Gasteiger charge is -2.04. The molecule has 0 fully saturated rings. The van der Waals surface area contributed by atoms with E-state index in [-0.39, 0.29) is 37.7 Å². The van der Waals surface area contributed by atoms with E-state index in [4.69, 9.17) is 19.7 Å². The second kappa shape index (κ2) is 14.0. The van der Waals surface area contributed by atoms with Crippen molar-refractivity contribution in [3.8, 4) is 11.5 Å². The molecule has 0 bridgehead atoms. The van der Waals surface area contributed by atoms with Gasteiger partial charge in [-0.1, -0.05) is 0 Å². The molecule has 0 spiro atoms. The zero-order valence-corrected chi connectivity index (χ0v) is 17.8. The quantitative estimate of drug-likeness (QED) is 0.431. The lowest BCUT2D eigenvalue weighted by molar-refractivity contribution is -0.137. The van der Waals surface area contributed by atoms with E-state index in [0.717, 1.165) is 0 Å². The van der Waals surface area contributed by atoms with E-state index >= 15 is 0 Å². The van der Waals surface area contributed by atoms with E-state index in [1.807, 2.05) is 0 Å². The Labute approximate surface area is 185 Å². The molecule has 0 unspecified atom stereocenters. The fraction of sp³-hybridized carbons (Fsp3) is 0.273. The molecule has 2 aromatic rings. The third-order valence-electron chi connectivity index (χ3n) is 3.95. The van der Waals surface area contributed by atoms with Crippen LogP contribution in [0.25, 0.3) is 0 Å². The maximum absolute atomic E-state index is 11.5. The molecule has 2 aromatic carbocycles. The van der Waals surface area contributed by atoms with Gasteiger partial charge in [0.25, 0.3) is 11.8 Å². The van der Waals surface area contributed by atoms with Crippen LogP contribution in [0, 0.1) is 0 Å². The molecule has 10 heteroatoms. The number of methoxy groups -OCH3 is 2. The predicted octanol–water partition coefficient (Wildman–Crippen LogP) is 1.80. The Morgan fingerprint density at radius 2 is 0.969 bits per heavy atom. The van der Waals surface area contributed by atoms with Crippen molar-refractivity contribution >= 4 is 23.8 Å². The highest BCUT2D eigenvalue weighted by Gasteiger charge is 2.06. The van der Waals surface area contributed by atoms with Gasteiger partial charge in [0, 0.05) is 24.2 Å². The van der Waals surface area contributed by atoms with Crippen LogP contribution in [0.4, 0.5) is 0 Å². The van der Waals surface area contributed by atoms with Crippen LogP contribution < -0.4 is 20.1 Å². The van der Waals surface area contributed by atoms with E-state index in [0.29, 0.717) is 22.6 Å². The maximum atomic E-state index is 11.5. The van der Waals surface area contributed by atoms with Crippen LogP contribution in [0.2, 0.25) is 0 Å². The van der Waals surface area contributed by atoms with Crippen molar-refractivity contribution in [2.75, 3.05) is 27.3 Å². The molecule has 0 saturated carbocycles. The molecule has 0 heterocycles. The van der Waals surface area contributed by atoms with Crippen molar-refractivity contribution in [3.05, 3.63) is 59.7 Å². The van der Waals surface area contributed by atoms with Gasteiger partial charge in [-0.3, -0.25) is 19.2 Å². The van der Waals surface area contributed by atoms with Crippen LogP contribution in [0.1, 0.15) is 33.6 Å². The van der Waals surface area contributed by atoms with E-state index in [9.17, 15) is 19.2 Å². The Kier molecular flexibility index (Phi) is 11.4. The number of carboxylic acid groups (broad SMARTS) is 2. The summed E-state index contributed by atoms with van der Waals surface area (Å²) >= 11 is 0. The van der Waals surface area contributed by atoms with Crippen molar-refractivity contribution < 1.29 is 38.9 Å². The van der Waals surface area contributed by atoms with Gasteiger partial charge >= 0.3 is 11.9 Å². The number of hydrogen-bond donors (Lipinski definition) is 4. The van der Waals surface area contributed by atoms with Crippen molar-refractivity contribution in [1.82, 2.24) is 10.6 Å². The van der Waals surface area contributed by atoms with Crippen molar-refractivity contribution in [1.29, 1.82) is 0 Å². The number of carbonyl (C=O) groups excluding carboxylic acids is 2. The van der Waals surface area contributed by atoms with Crippen molar-refractivity contribution in [2.24, 2.45) is 0 Å². The van der Waals surface area contributed by atoms with Crippen molar-refractivity contribution in [2.45, 2.75) is 12.8 Å². The molecule has 4 N–H and O–H groups in total. The van der Waals surface area contributed by atoms with E-state index in [2.05, 4.69) is 10.6 Å². The lowest BCUT2D eigenvalue weighted by atomic mass is 10.2. The minimum absolute atomic E-state index is 0.0815. The number of amides is 2. The monoisotopic (exact) mass is 446 g/mol. The van der Waals surface area contributed by atoms with Crippen molar-refractivity contribution in [3.63, 3.8) is 0 Å².